The number of nitrogens with zero attached hydrogens (tertiary/aromatic N) is 2. The minimum Gasteiger partial charge on any atom is -0.457 e. The number of para-hydroxylation sites is 1. The van der Waals surface area contributed by atoms with Crippen molar-refractivity contribution < 1.29 is 18.7 Å². The normalized spacial score (nSPS) is 14.8. The highest BCUT2D eigenvalue weighted by molar-refractivity contribution is 6.23. The SMILES string of the molecule is CC1(C)C(=O)N(c2cccc(Oc3ccccc3)c2)C(=O)N1Cc1cccc(Cc2ccc(F)cc2)c1. The van der Waals surface area contributed by atoms with Gasteiger partial charge < -0.3 is 9.64 Å². The van der Waals surface area contributed by atoms with Gasteiger partial charge in [-0.15, -0.1) is 0 Å². The van der Waals surface area contributed by atoms with Crippen molar-refractivity contribution in [1.29, 1.82) is 0 Å². The van der Waals surface area contributed by atoms with Gasteiger partial charge in [0.25, 0.3) is 5.91 Å². The molecule has 0 aromatic heterocycles. The zero-order valence-corrected chi connectivity index (χ0v) is 20.7. The zero-order valence-electron chi connectivity index (χ0n) is 20.7. The van der Waals surface area contributed by atoms with Crippen molar-refractivity contribution >= 4 is 17.6 Å². The summed E-state index contributed by atoms with van der Waals surface area (Å²) in [5.74, 6) is 0.644. The molecule has 0 saturated carbocycles. The van der Waals surface area contributed by atoms with Crippen LogP contribution in [0.3, 0.4) is 0 Å². The average Bonchev–Trinajstić information content (AvgIpc) is 3.05. The van der Waals surface area contributed by atoms with Crippen LogP contribution in [0.5, 0.6) is 11.5 Å². The molecular weight excluding hydrogens is 467 g/mol. The number of rotatable bonds is 7. The Morgan fingerprint density at radius 2 is 1.41 bits per heavy atom. The first-order chi connectivity index (χ1) is 17.8. The zero-order chi connectivity index (χ0) is 26.0. The van der Waals surface area contributed by atoms with Gasteiger partial charge in [-0.2, -0.15) is 0 Å². The van der Waals surface area contributed by atoms with Gasteiger partial charge >= 0.3 is 6.03 Å². The van der Waals surface area contributed by atoms with Gasteiger partial charge in [0.2, 0.25) is 0 Å². The molecule has 6 heteroatoms. The molecule has 5 rings (SSSR count). The van der Waals surface area contributed by atoms with E-state index in [0.29, 0.717) is 23.6 Å². The minimum absolute atomic E-state index is 0.265. The van der Waals surface area contributed by atoms with Crippen LogP contribution < -0.4 is 9.64 Å². The molecular formula is C31H27FN2O3. The van der Waals surface area contributed by atoms with Crippen molar-refractivity contribution in [3.05, 3.63) is 126 Å². The second-order valence-electron chi connectivity index (χ2n) is 9.60. The molecule has 37 heavy (non-hydrogen) atoms. The molecule has 0 radical (unpaired) electrons. The topological polar surface area (TPSA) is 49.9 Å². The molecule has 186 valence electrons. The standard InChI is InChI=1S/C31H27FN2O3/c1-31(2)29(35)34(26-10-7-13-28(20-26)37-27-11-4-3-5-12-27)30(36)33(31)21-24-9-6-8-23(19-24)18-22-14-16-25(32)17-15-22/h3-17,19-20H,18,21H2,1-2H3. The van der Waals surface area contributed by atoms with Gasteiger partial charge in [-0.25, -0.2) is 14.1 Å². The van der Waals surface area contributed by atoms with Gasteiger partial charge in [-0.05, 0) is 73.4 Å². The molecule has 0 bridgehead atoms. The number of imide groups is 1. The Hall–Kier alpha value is -4.45. The summed E-state index contributed by atoms with van der Waals surface area (Å²) < 4.78 is 19.2. The molecule has 3 amide bonds. The summed E-state index contributed by atoms with van der Waals surface area (Å²) in [4.78, 5) is 29.8. The van der Waals surface area contributed by atoms with Crippen LogP contribution in [0, 0.1) is 5.82 Å². The van der Waals surface area contributed by atoms with Crippen LogP contribution >= 0.6 is 0 Å². The highest BCUT2D eigenvalue weighted by Gasteiger charge is 2.51. The molecule has 0 N–H and O–H groups in total. The highest BCUT2D eigenvalue weighted by Crippen LogP contribution is 2.35. The van der Waals surface area contributed by atoms with Crippen LogP contribution in [-0.4, -0.2) is 22.4 Å². The summed E-state index contributed by atoms with van der Waals surface area (Å²) in [6.07, 6.45) is 0.644. The summed E-state index contributed by atoms with van der Waals surface area (Å²) in [7, 11) is 0. The lowest BCUT2D eigenvalue weighted by Gasteiger charge is -2.28. The lowest BCUT2D eigenvalue weighted by Crippen LogP contribution is -2.43. The van der Waals surface area contributed by atoms with Crippen molar-refractivity contribution in [2.45, 2.75) is 32.4 Å². The van der Waals surface area contributed by atoms with Gasteiger partial charge in [0.05, 0.1) is 5.69 Å². The molecule has 0 aliphatic carbocycles. The van der Waals surface area contributed by atoms with Gasteiger partial charge in [-0.3, -0.25) is 4.79 Å². The minimum atomic E-state index is -1.03. The largest absolute Gasteiger partial charge is 0.457 e. The predicted octanol–water partition coefficient (Wildman–Crippen LogP) is 6.96. The number of hydrogen-bond acceptors (Lipinski definition) is 3. The lowest BCUT2D eigenvalue weighted by atomic mass is 10.0. The van der Waals surface area contributed by atoms with E-state index in [1.54, 1.807) is 55.1 Å². The summed E-state index contributed by atoms with van der Waals surface area (Å²) in [5.41, 5.74) is 2.39. The fraction of sp³-hybridized carbons (Fsp3) is 0.161. The van der Waals surface area contributed by atoms with Crippen molar-refractivity contribution in [3.8, 4) is 11.5 Å². The van der Waals surface area contributed by atoms with Crippen LogP contribution in [0.4, 0.5) is 14.9 Å². The van der Waals surface area contributed by atoms with Crippen molar-refractivity contribution in [1.82, 2.24) is 4.90 Å². The first-order valence-electron chi connectivity index (χ1n) is 12.1. The van der Waals surface area contributed by atoms with Gasteiger partial charge in [0.1, 0.15) is 22.9 Å². The van der Waals surface area contributed by atoms with Gasteiger partial charge in [0, 0.05) is 12.6 Å². The second-order valence-corrected chi connectivity index (χ2v) is 9.60. The Morgan fingerprint density at radius 3 is 2.16 bits per heavy atom. The van der Waals surface area contributed by atoms with Crippen LogP contribution in [0.15, 0.2) is 103 Å². The molecule has 1 saturated heterocycles. The highest BCUT2D eigenvalue weighted by atomic mass is 19.1. The molecule has 1 aliphatic rings. The van der Waals surface area contributed by atoms with E-state index < -0.39 is 5.54 Å². The molecule has 1 aliphatic heterocycles. The van der Waals surface area contributed by atoms with E-state index in [1.165, 1.54) is 17.0 Å². The van der Waals surface area contributed by atoms with Crippen LogP contribution in [0.2, 0.25) is 0 Å². The molecule has 0 atom stereocenters. The molecule has 1 heterocycles. The van der Waals surface area contributed by atoms with E-state index in [4.69, 9.17) is 4.74 Å². The number of halogens is 1. The van der Waals surface area contributed by atoms with E-state index in [2.05, 4.69) is 0 Å². The van der Waals surface area contributed by atoms with E-state index in [9.17, 15) is 14.0 Å². The van der Waals surface area contributed by atoms with Crippen LogP contribution in [0.25, 0.3) is 0 Å². The molecule has 0 unspecified atom stereocenters. The van der Waals surface area contributed by atoms with E-state index in [-0.39, 0.29) is 24.3 Å². The number of carbonyl (C=O) groups is 2. The van der Waals surface area contributed by atoms with Crippen molar-refractivity contribution in [3.63, 3.8) is 0 Å². The van der Waals surface area contributed by atoms with Crippen LogP contribution in [-0.2, 0) is 17.8 Å². The number of anilines is 1. The first kappa shape index (κ1) is 24.3. The number of benzene rings is 4. The number of hydrogen-bond donors (Lipinski definition) is 0. The third-order valence-corrected chi connectivity index (χ3v) is 6.53. The summed E-state index contributed by atoms with van der Waals surface area (Å²) in [5, 5.41) is 0. The quantitative estimate of drug-likeness (QED) is 0.261. The summed E-state index contributed by atoms with van der Waals surface area (Å²) >= 11 is 0. The monoisotopic (exact) mass is 494 g/mol. The summed E-state index contributed by atoms with van der Waals surface area (Å²) in [6.45, 7) is 3.81. The second kappa shape index (κ2) is 9.90. The van der Waals surface area contributed by atoms with Crippen LogP contribution in [0.1, 0.15) is 30.5 Å². The predicted molar refractivity (Wildman–Crippen MR) is 141 cm³/mol. The molecule has 4 aromatic carbocycles. The summed E-state index contributed by atoms with van der Waals surface area (Å²) in [6, 6.07) is 30.3. The number of urea groups is 1. The van der Waals surface area contributed by atoms with Crippen molar-refractivity contribution in [2.24, 2.45) is 0 Å². The third kappa shape index (κ3) is 5.09. The van der Waals surface area contributed by atoms with E-state index >= 15 is 0 Å². The first-order valence-corrected chi connectivity index (χ1v) is 12.1. The maximum atomic E-state index is 13.6. The molecule has 5 nitrogen and oxygen atoms in total. The third-order valence-electron chi connectivity index (χ3n) is 6.53. The van der Waals surface area contributed by atoms with Gasteiger partial charge in [0.15, 0.2) is 0 Å². The Balaban J connectivity index is 1.36. The van der Waals surface area contributed by atoms with E-state index in [1.807, 2.05) is 54.6 Å². The fourth-order valence-electron chi connectivity index (χ4n) is 4.50. The maximum Gasteiger partial charge on any atom is 0.332 e. The Morgan fingerprint density at radius 1 is 0.730 bits per heavy atom. The maximum absolute atomic E-state index is 13.6. The fourth-order valence-corrected chi connectivity index (χ4v) is 4.50. The molecule has 0 spiro atoms. The number of amides is 3. The average molecular weight is 495 g/mol. The Labute approximate surface area is 215 Å². The Kier molecular flexibility index (Phi) is 6.49. The number of carbonyl (C=O) groups excluding carboxylic acids is 2. The van der Waals surface area contributed by atoms with Crippen molar-refractivity contribution in [2.75, 3.05) is 4.90 Å². The smallest absolute Gasteiger partial charge is 0.332 e. The lowest BCUT2D eigenvalue weighted by molar-refractivity contribution is -0.123. The number of ether oxygens (including phenoxy) is 1. The molecule has 1 fully saturated rings. The molecule has 4 aromatic rings. The van der Waals surface area contributed by atoms with E-state index in [0.717, 1.165) is 16.7 Å². The Bertz CT molecular complexity index is 1430. The van der Waals surface area contributed by atoms with Gasteiger partial charge in [-0.1, -0.05) is 60.7 Å².